The van der Waals surface area contributed by atoms with Crippen molar-refractivity contribution in [2.75, 3.05) is 19.6 Å². The quantitative estimate of drug-likeness (QED) is 0.506. The number of non-ortho nitro benzene ring substituents is 1. The van der Waals surface area contributed by atoms with Crippen molar-refractivity contribution in [3.63, 3.8) is 0 Å². The first-order chi connectivity index (χ1) is 10.1. The second-order valence-corrected chi connectivity index (χ2v) is 4.98. The van der Waals surface area contributed by atoms with Gasteiger partial charge in [-0.05, 0) is 43.6 Å². The Hall–Kier alpha value is -2.28. The number of nitro benzene ring substituents is 1. The molecular weight excluding hydrogens is 272 g/mol. The number of nitrogens with one attached hydrogen (secondary N) is 1. The minimum absolute atomic E-state index is 0.0290. The van der Waals surface area contributed by atoms with Gasteiger partial charge < -0.3 is 0 Å². The van der Waals surface area contributed by atoms with Crippen molar-refractivity contribution in [1.29, 1.82) is 0 Å². The molecule has 112 valence electrons. The van der Waals surface area contributed by atoms with Crippen molar-refractivity contribution in [1.82, 2.24) is 10.3 Å². The molecule has 0 unspecified atom stereocenters. The largest absolute Gasteiger partial charge is 0.294 e. The maximum Gasteiger partial charge on any atom is 0.269 e. The van der Waals surface area contributed by atoms with Gasteiger partial charge in [0.15, 0.2) is 0 Å². The third kappa shape index (κ3) is 4.96. The highest BCUT2D eigenvalue weighted by molar-refractivity contribution is 5.83. The molecule has 0 aromatic heterocycles. The van der Waals surface area contributed by atoms with Crippen LogP contribution in [0.1, 0.15) is 24.8 Å². The highest BCUT2D eigenvalue weighted by Gasteiger charge is 2.13. The van der Waals surface area contributed by atoms with E-state index in [9.17, 15) is 14.9 Å². The molecule has 1 N–H and O–H groups in total. The summed E-state index contributed by atoms with van der Waals surface area (Å²) >= 11 is 0. The highest BCUT2D eigenvalue weighted by Crippen LogP contribution is 2.10. The van der Waals surface area contributed by atoms with Gasteiger partial charge >= 0.3 is 0 Å². The van der Waals surface area contributed by atoms with E-state index >= 15 is 0 Å². The molecule has 0 radical (unpaired) electrons. The lowest BCUT2D eigenvalue weighted by molar-refractivity contribution is -0.384. The van der Waals surface area contributed by atoms with E-state index < -0.39 is 4.92 Å². The molecule has 1 aromatic rings. The van der Waals surface area contributed by atoms with Gasteiger partial charge in [-0.1, -0.05) is 6.42 Å². The third-order valence-electron chi connectivity index (χ3n) is 3.32. The van der Waals surface area contributed by atoms with E-state index in [1.165, 1.54) is 24.8 Å². The number of hydrogen-bond donors (Lipinski definition) is 1. The third-order valence-corrected chi connectivity index (χ3v) is 3.32. The number of amides is 1. The number of hydrogen-bond acceptors (Lipinski definition) is 5. The zero-order chi connectivity index (χ0) is 15.1. The molecule has 0 bridgehead atoms. The maximum absolute atomic E-state index is 11.7. The molecule has 1 aromatic carbocycles. The average molecular weight is 290 g/mol. The summed E-state index contributed by atoms with van der Waals surface area (Å²) in [5, 5.41) is 14.4. The fraction of sp³-hybridized carbons (Fsp3) is 0.429. The molecule has 0 aliphatic carbocycles. The number of nitrogens with zero attached hydrogens (tertiary/aromatic N) is 3. The Morgan fingerprint density at radius 3 is 2.57 bits per heavy atom. The summed E-state index contributed by atoms with van der Waals surface area (Å²) in [6, 6.07) is 5.96. The SMILES string of the molecule is O=C(CN1CCCCC1)NN=Cc1ccc([N+](=O)[O-])cc1. The summed E-state index contributed by atoms with van der Waals surface area (Å²) in [4.78, 5) is 23.9. The minimum atomic E-state index is -0.457. The molecule has 1 heterocycles. The Labute approximate surface area is 122 Å². The van der Waals surface area contributed by atoms with E-state index in [2.05, 4.69) is 15.4 Å². The van der Waals surface area contributed by atoms with E-state index in [1.807, 2.05) is 0 Å². The minimum Gasteiger partial charge on any atom is -0.294 e. The number of hydrazone groups is 1. The lowest BCUT2D eigenvalue weighted by Gasteiger charge is -2.25. The Morgan fingerprint density at radius 2 is 1.95 bits per heavy atom. The molecule has 1 amide bonds. The topological polar surface area (TPSA) is 87.8 Å². The molecule has 1 aliphatic rings. The fourth-order valence-electron chi connectivity index (χ4n) is 2.22. The standard InChI is InChI=1S/C14H18N4O3/c19-14(11-17-8-2-1-3-9-17)16-15-10-12-4-6-13(7-5-12)18(20)21/h4-7,10H,1-3,8-9,11H2,(H,16,19). The van der Waals surface area contributed by atoms with Gasteiger partial charge in [-0.25, -0.2) is 5.43 Å². The predicted molar refractivity (Wildman–Crippen MR) is 79.1 cm³/mol. The van der Waals surface area contributed by atoms with Crippen molar-refractivity contribution >= 4 is 17.8 Å². The van der Waals surface area contributed by atoms with Crippen molar-refractivity contribution in [3.05, 3.63) is 39.9 Å². The summed E-state index contributed by atoms with van der Waals surface area (Å²) in [5.41, 5.74) is 3.19. The van der Waals surface area contributed by atoms with Gasteiger partial charge in [-0.15, -0.1) is 0 Å². The molecule has 1 saturated heterocycles. The van der Waals surface area contributed by atoms with Gasteiger partial charge in [0, 0.05) is 12.1 Å². The molecule has 0 saturated carbocycles. The van der Waals surface area contributed by atoms with Gasteiger partial charge in [0.25, 0.3) is 11.6 Å². The van der Waals surface area contributed by atoms with E-state index in [0.717, 1.165) is 25.9 Å². The molecule has 0 spiro atoms. The number of carbonyl (C=O) groups excluding carboxylic acids is 1. The monoisotopic (exact) mass is 290 g/mol. The van der Waals surface area contributed by atoms with Crippen LogP contribution in [-0.4, -0.2) is 41.6 Å². The van der Waals surface area contributed by atoms with Crippen LogP contribution in [0.5, 0.6) is 0 Å². The first-order valence-electron chi connectivity index (χ1n) is 6.94. The second kappa shape index (κ2) is 7.49. The van der Waals surface area contributed by atoms with Crippen LogP contribution >= 0.6 is 0 Å². The normalized spacial score (nSPS) is 16.0. The summed E-state index contributed by atoms with van der Waals surface area (Å²) in [5.74, 6) is -0.143. The number of nitro groups is 1. The van der Waals surface area contributed by atoms with Crippen LogP contribution < -0.4 is 5.43 Å². The average Bonchev–Trinajstić information content (AvgIpc) is 2.49. The number of benzene rings is 1. The van der Waals surface area contributed by atoms with Crippen LogP contribution in [0.15, 0.2) is 29.4 Å². The lowest BCUT2D eigenvalue weighted by Crippen LogP contribution is -2.38. The van der Waals surface area contributed by atoms with Crippen LogP contribution in [0.4, 0.5) is 5.69 Å². The van der Waals surface area contributed by atoms with Gasteiger partial charge in [-0.3, -0.25) is 19.8 Å². The van der Waals surface area contributed by atoms with Gasteiger partial charge in [0.2, 0.25) is 0 Å². The van der Waals surface area contributed by atoms with Crippen LogP contribution in [-0.2, 0) is 4.79 Å². The zero-order valence-corrected chi connectivity index (χ0v) is 11.7. The summed E-state index contributed by atoms with van der Waals surface area (Å²) < 4.78 is 0. The van der Waals surface area contributed by atoms with Crippen LogP contribution in [0.3, 0.4) is 0 Å². The van der Waals surface area contributed by atoms with Crippen LogP contribution in [0.25, 0.3) is 0 Å². The lowest BCUT2D eigenvalue weighted by atomic mass is 10.1. The first kappa shape index (κ1) is 15.1. The van der Waals surface area contributed by atoms with E-state index in [0.29, 0.717) is 12.1 Å². The summed E-state index contributed by atoms with van der Waals surface area (Å²) in [6.45, 7) is 2.27. The van der Waals surface area contributed by atoms with Crippen molar-refractivity contribution in [2.24, 2.45) is 5.10 Å². The number of piperidine rings is 1. The smallest absolute Gasteiger partial charge is 0.269 e. The molecule has 0 atom stereocenters. The Kier molecular flexibility index (Phi) is 5.39. The Morgan fingerprint density at radius 1 is 1.29 bits per heavy atom. The van der Waals surface area contributed by atoms with Crippen molar-refractivity contribution in [2.45, 2.75) is 19.3 Å². The molecule has 21 heavy (non-hydrogen) atoms. The molecule has 7 nitrogen and oxygen atoms in total. The number of likely N-dealkylation sites (tertiary alicyclic amines) is 1. The summed E-state index contributed by atoms with van der Waals surface area (Å²) in [7, 11) is 0. The summed E-state index contributed by atoms with van der Waals surface area (Å²) in [6.07, 6.45) is 4.98. The number of rotatable bonds is 5. The van der Waals surface area contributed by atoms with Gasteiger partial charge in [0.1, 0.15) is 0 Å². The van der Waals surface area contributed by atoms with E-state index in [4.69, 9.17) is 0 Å². The van der Waals surface area contributed by atoms with Crippen molar-refractivity contribution in [3.8, 4) is 0 Å². The predicted octanol–water partition coefficient (Wildman–Crippen LogP) is 1.53. The van der Waals surface area contributed by atoms with Gasteiger partial charge in [0.05, 0.1) is 17.7 Å². The second-order valence-electron chi connectivity index (χ2n) is 4.98. The van der Waals surface area contributed by atoms with Crippen LogP contribution in [0.2, 0.25) is 0 Å². The van der Waals surface area contributed by atoms with Crippen molar-refractivity contribution < 1.29 is 9.72 Å². The molecule has 1 fully saturated rings. The Balaban J connectivity index is 1.78. The molecule has 2 rings (SSSR count). The van der Waals surface area contributed by atoms with E-state index in [1.54, 1.807) is 12.1 Å². The molecule has 1 aliphatic heterocycles. The highest BCUT2D eigenvalue weighted by atomic mass is 16.6. The zero-order valence-electron chi connectivity index (χ0n) is 11.7. The molecule has 7 heteroatoms. The number of carbonyl (C=O) groups is 1. The van der Waals surface area contributed by atoms with Gasteiger partial charge in [-0.2, -0.15) is 5.10 Å². The maximum atomic E-state index is 11.7. The fourth-order valence-corrected chi connectivity index (χ4v) is 2.22. The van der Waals surface area contributed by atoms with E-state index in [-0.39, 0.29) is 11.6 Å². The molecular formula is C14H18N4O3. The van der Waals surface area contributed by atoms with Crippen LogP contribution in [0, 0.1) is 10.1 Å². The first-order valence-corrected chi connectivity index (χ1v) is 6.94. The Bertz CT molecular complexity index is 522.